The van der Waals surface area contributed by atoms with E-state index in [1.165, 1.54) is 0 Å². The van der Waals surface area contributed by atoms with E-state index in [0.29, 0.717) is 25.4 Å². The van der Waals surface area contributed by atoms with Crippen LogP contribution in [0.2, 0.25) is 0 Å². The van der Waals surface area contributed by atoms with Gasteiger partial charge in [-0.3, -0.25) is 9.69 Å². The molecule has 106 valence electrons. The smallest absolute Gasteiger partial charge is 0.223 e. The van der Waals surface area contributed by atoms with Crippen molar-refractivity contribution in [3.63, 3.8) is 0 Å². The van der Waals surface area contributed by atoms with Crippen LogP contribution in [0.25, 0.3) is 0 Å². The summed E-state index contributed by atoms with van der Waals surface area (Å²) in [6, 6.07) is 4.17. The molecule has 0 bridgehead atoms. The molecular weight excluding hydrogens is 242 g/mol. The summed E-state index contributed by atoms with van der Waals surface area (Å²) < 4.78 is 5.24. The molecule has 1 atom stereocenters. The Morgan fingerprint density at radius 1 is 1.42 bits per heavy atom. The Kier molecular flexibility index (Phi) is 4.99. The normalized spacial score (nSPS) is 18.5. The lowest BCUT2D eigenvalue weighted by atomic mass is 10.2. The van der Waals surface area contributed by atoms with Crippen LogP contribution in [0.15, 0.2) is 22.8 Å². The molecule has 0 spiro atoms. The number of amides is 1. The molecule has 1 aromatic rings. The summed E-state index contributed by atoms with van der Waals surface area (Å²) in [5.74, 6) is 1.10. The van der Waals surface area contributed by atoms with Gasteiger partial charge in [0, 0.05) is 51.6 Å². The fourth-order valence-corrected chi connectivity index (χ4v) is 2.40. The molecule has 2 heterocycles. The summed E-state index contributed by atoms with van der Waals surface area (Å²) in [7, 11) is 0. The summed E-state index contributed by atoms with van der Waals surface area (Å²) in [5, 5.41) is 0. The number of nitrogens with zero attached hydrogens (tertiary/aromatic N) is 2. The molecule has 2 rings (SSSR count). The predicted molar refractivity (Wildman–Crippen MR) is 73.7 cm³/mol. The topological polar surface area (TPSA) is 62.7 Å². The second kappa shape index (κ2) is 6.73. The lowest BCUT2D eigenvalue weighted by molar-refractivity contribution is -0.133. The average molecular weight is 265 g/mol. The molecule has 5 nitrogen and oxygen atoms in total. The zero-order valence-electron chi connectivity index (χ0n) is 11.5. The molecule has 1 aliphatic rings. The maximum Gasteiger partial charge on any atom is 0.223 e. The summed E-state index contributed by atoms with van der Waals surface area (Å²) in [4.78, 5) is 16.4. The molecule has 0 saturated carbocycles. The van der Waals surface area contributed by atoms with Gasteiger partial charge >= 0.3 is 0 Å². The largest absolute Gasteiger partial charge is 0.469 e. The highest BCUT2D eigenvalue weighted by Gasteiger charge is 2.23. The van der Waals surface area contributed by atoms with Gasteiger partial charge in [-0.2, -0.15) is 0 Å². The maximum atomic E-state index is 12.1. The van der Waals surface area contributed by atoms with Gasteiger partial charge in [0.2, 0.25) is 5.91 Å². The second-order valence-corrected chi connectivity index (χ2v) is 5.08. The zero-order valence-corrected chi connectivity index (χ0v) is 11.5. The number of carbonyl (C=O) groups excluding carboxylic acids is 1. The van der Waals surface area contributed by atoms with Crippen molar-refractivity contribution in [2.75, 3.05) is 32.7 Å². The first kappa shape index (κ1) is 14.1. The Hall–Kier alpha value is -1.33. The molecule has 0 aliphatic carbocycles. The van der Waals surface area contributed by atoms with Gasteiger partial charge in [-0.05, 0) is 19.1 Å². The van der Waals surface area contributed by atoms with Crippen LogP contribution < -0.4 is 5.73 Å². The Balaban J connectivity index is 1.73. The number of aryl methyl sites for hydroxylation is 1. The standard InChI is InChI=1S/C14H23N3O2/c1-12(11-15)16-6-8-17(9-7-16)14(18)5-4-13-3-2-10-19-13/h2-3,10,12H,4-9,11,15H2,1H3. The Labute approximate surface area is 114 Å². The average Bonchev–Trinajstić information content (AvgIpc) is 2.97. The maximum absolute atomic E-state index is 12.1. The summed E-state index contributed by atoms with van der Waals surface area (Å²) >= 11 is 0. The number of piperazine rings is 1. The van der Waals surface area contributed by atoms with Crippen molar-refractivity contribution < 1.29 is 9.21 Å². The molecule has 1 aromatic heterocycles. The number of carbonyl (C=O) groups is 1. The van der Waals surface area contributed by atoms with E-state index in [-0.39, 0.29) is 5.91 Å². The summed E-state index contributed by atoms with van der Waals surface area (Å²) in [5.41, 5.74) is 5.67. The lowest BCUT2D eigenvalue weighted by Gasteiger charge is -2.37. The fourth-order valence-electron chi connectivity index (χ4n) is 2.40. The molecule has 1 amide bonds. The quantitative estimate of drug-likeness (QED) is 0.851. The first-order valence-corrected chi connectivity index (χ1v) is 6.95. The molecule has 1 fully saturated rings. The zero-order chi connectivity index (χ0) is 13.7. The highest BCUT2D eigenvalue weighted by Crippen LogP contribution is 2.09. The molecule has 0 aromatic carbocycles. The second-order valence-electron chi connectivity index (χ2n) is 5.08. The van der Waals surface area contributed by atoms with Crippen molar-refractivity contribution in [3.05, 3.63) is 24.2 Å². The molecule has 1 saturated heterocycles. The minimum atomic E-state index is 0.219. The van der Waals surface area contributed by atoms with Gasteiger partial charge in [-0.25, -0.2) is 0 Å². The van der Waals surface area contributed by atoms with Crippen LogP contribution in [0, 0.1) is 0 Å². The van der Waals surface area contributed by atoms with Gasteiger partial charge in [0.25, 0.3) is 0 Å². The third kappa shape index (κ3) is 3.81. The minimum Gasteiger partial charge on any atom is -0.469 e. The number of nitrogens with two attached hydrogens (primary N) is 1. The molecule has 5 heteroatoms. The highest BCUT2D eigenvalue weighted by molar-refractivity contribution is 5.76. The van der Waals surface area contributed by atoms with Crippen LogP contribution >= 0.6 is 0 Å². The lowest BCUT2D eigenvalue weighted by Crippen LogP contribution is -2.52. The molecule has 1 unspecified atom stereocenters. The van der Waals surface area contributed by atoms with E-state index in [1.54, 1.807) is 6.26 Å². The number of hydrogen-bond acceptors (Lipinski definition) is 4. The van der Waals surface area contributed by atoms with E-state index in [1.807, 2.05) is 17.0 Å². The van der Waals surface area contributed by atoms with Crippen molar-refractivity contribution in [2.24, 2.45) is 5.73 Å². The van der Waals surface area contributed by atoms with E-state index in [2.05, 4.69) is 11.8 Å². The number of rotatable bonds is 5. The van der Waals surface area contributed by atoms with E-state index in [4.69, 9.17) is 10.2 Å². The molecule has 0 radical (unpaired) electrons. The van der Waals surface area contributed by atoms with Gasteiger partial charge in [0.05, 0.1) is 6.26 Å². The van der Waals surface area contributed by atoms with Crippen LogP contribution in [0.5, 0.6) is 0 Å². The van der Waals surface area contributed by atoms with E-state index in [0.717, 1.165) is 31.9 Å². The van der Waals surface area contributed by atoms with Crippen LogP contribution in [-0.2, 0) is 11.2 Å². The molecular formula is C14H23N3O2. The first-order valence-electron chi connectivity index (χ1n) is 6.95. The van der Waals surface area contributed by atoms with Crippen LogP contribution in [0.3, 0.4) is 0 Å². The minimum absolute atomic E-state index is 0.219. The van der Waals surface area contributed by atoms with Crippen molar-refractivity contribution >= 4 is 5.91 Å². The van der Waals surface area contributed by atoms with Gasteiger partial charge in [-0.1, -0.05) is 0 Å². The Morgan fingerprint density at radius 2 is 2.16 bits per heavy atom. The van der Waals surface area contributed by atoms with Crippen LogP contribution in [0.4, 0.5) is 0 Å². The van der Waals surface area contributed by atoms with Crippen LogP contribution in [0.1, 0.15) is 19.1 Å². The van der Waals surface area contributed by atoms with E-state index in [9.17, 15) is 4.79 Å². The monoisotopic (exact) mass is 265 g/mol. The number of hydrogen-bond donors (Lipinski definition) is 1. The van der Waals surface area contributed by atoms with Crippen molar-refractivity contribution in [3.8, 4) is 0 Å². The van der Waals surface area contributed by atoms with Crippen LogP contribution in [-0.4, -0.2) is 54.5 Å². The van der Waals surface area contributed by atoms with Gasteiger partial charge < -0.3 is 15.1 Å². The molecule has 1 aliphatic heterocycles. The predicted octanol–water partition coefficient (Wildman–Crippen LogP) is 0.704. The van der Waals surface area contributed by atoms with Crippen molar-refractivity contribution in [1.82, 2.24) is 9.80 Å². The fraction of sp³-hybridized carbons (Fsp3) is 0.643. The molecule has 19 heavy (non-hydrogen) atoms. The van der Waals surface area contributed by atoms with Gasteiger partial charge in [0.15, 0.2) is 0 Å². The number of furan rings is 1. The van der Waals surface area contributed by atoms with Gasteiger partial charge in [0.1, 0.15) is 5.76 Å². The summed E-state index contributed by atoms with van der Waals surface area (Å²) in [6.07, 6.45) is 2.86. The summed E-state index contributed by atoms with van der Waals surface area (Å²) in [6.45, 7) is 6.26. The van der Waals surface area contributed by atoms with E-state index >= 15 is 0 Å². The Morgan fingerprint density at radius 3 is 2.74 bits per heavy atom. The third-order valence-corrected chi connectivity index (χ3v) is 3.80. The van der Waals surface area contributed by atoms with Gasteiger partial charge in [-0.15, -0.1) is 0 Å². The third-order valence-electron chi connectivity index (χ3n) is 3.80. The molecule has 2 N–H and O–H groups in total. The Bertz CT molecular complexity index is 383. The SMILES string of the molecule is CC(CN)N1CCN(C(=O)CCc2ccco2)CC1. The van der Waals surface area contributed by atoms with E-state index < -0.39 is 0 Å². The first-order chi connectivity index (χ1) is 9.20. The van der Waals surface area contributed by atoms with Crippen molar-refractivity contribution in [2.45, 2.75) is 25.8 Å². The highest BCUT2D eigenvalue weighted by atomic mass is 16.3. The van der Waals surface area contributed by atoms with Crippen molar-refractivity contribution in [1.29, 1.82) is 0 Å².